The fourth-order valence-corrected chi connectivity index (χ4v) is 5.40. The Balaban J connectivity index is 1.37. The first-order valence-electron chi connectivity index (χ1n) is 13.0. The van der Waals surface area contributed by atoms with E-state index in [9.17, 15) is 23.6 Å². The standard InChI is InChI=1S/C31H30F2N2O5/c1-39-28-19-21(29(36)30(37)38)3-12-27(28)40-18-2-15-35-16-13-24(14-17-35)31(20-34,22-4-8-25(32)9-5-22)23-6-10-26(33)11-7-23/h3-12,19,24H,2,13-18H2,1H3,(H,37,38). The molecule has 0 aliphatic carbocycles. The minimum Gasteiger partial charge on any atom is -0.493 e. The molecule has 0 bridgehead atoms. The van der Waals surface area contributed by atoms with Gasteiger partial charge in [0, 0.05) is 12.1 Å². The Morgan fingerprint density at radius 2 is 1.55 bits per heavy atom. The van der Waals surface area contributed by atoms with Crippen molar-refractivity contribution in [2.24, 2.45) is 5.92 Å². The van der Waals surface area contributed by atoms with Crippen LogP contribution >= 0.6 is 0 Å². The molecule has 9 heteroatoms. The molecule has 0 unspecified atom stereocenters. The van der Waals surface area contributed by atoms with Crippen LogP contribution in [0.5, 0.6) is 11.5 Å². The smallest absolute Gasteiger partial charge is 0.377 e. The lowest BCUT2D eigenvalue weighted by Crippen LogP contribution is -2.44. The van der Waals surface area contributed by atoms with Crippen LogP contribution in [-0.2, 0) is 10.2 Å². The van der Waals surface area contributed by atoms with Crippen molar-refractivity contribution in [1.82, 2.24) is 4.90 Å². The summed E-state index contributed by atoms with van der Waals surface area (Å²) in [6.07, 6.45) is 2.18. The van der Waals surface area contributed by atoms with E-state index in [2.05, 4.69) is 11.0 Å². The Bertz CT molecular complexity index is 1330. The van der Waals surface area contributed by atoms with Crippen LogP contribution in [0.15, 0.2) is 66.7 Å². The largest absolute Gasteiger partial charge is 0.493 e. The van der Waals surface area contributed by atoms with Gasteiger partial charge in [-0.05, 0) is 91.9 Å². The number of methoxy groups -OCH3 is 1. The second-order valence-electron chi connectivity index (χ2n) is 9.75. The van der Waals surface area contributed by atoms with Crippen molar-refractivity contribution in [3.05, 3.63) is 95.1 Å². The first kappa shape index (κ1) is 28.7. The van der Waals surface area contributed by atoms with Gasteiger partial charge in [-0.15, -0.1) is 0 Å². The van der Waals surface area contributed by atoms with Gasteiger partial charge in [-0.3, -0.25) is 4.79 Å². The van der Waals surface area contributed by atoms with Gasteiger partial charge in [-0.1, -0.05) is 24.3 Å². The molecule has 1 aliphatic heterocycles. The molecule has 40 heavy (non-hydrogen) atoms. The number of halogens is 2. The van der Waals surface area contributed by atoms with Gasteiger partial charge in [0.25, 0.3) is 5.78 Å². The van der Waals surface area contributed by atoms with Crippen molar-refractivity contribution in [3.8, 4) is 17.6 Å². The maximum absolute atomic E-state index is 13.7. The van der Waals surface area contributed by atoms with Crippen molar-refractivity contribution < 1.29 is 33.0 Å². The summed E-state index contributed by atoms with van der Waals surface area (Å²) in [4.78, 5) is 24.9. The van der Waals surface area contributed by atoms with E-state index < -0.39 is 17.2 Å². The Hall–Kier alpha value is -4.29. The van der Waals surface area contributed by atoms with Gasteiger partial charge in [0.15, 0.2) is 11.5 Å². The molecule has 1 fully saturated rings. The highest BCUT2D eigenvalue weighted by atomic mass is 19.1. The SMILES string of the molecule is COc1cc(C(=O)C(=O)O)ccc1OCCCN1CCC(C(C#N)(c2ccc(F)cc2)c2ccc(F)cc2)CC1. The number of nitriles is 1. The Morgan fingerprint density at radius 1 is 0.975 bits per heavy atom. The predicted molar refractivity (Wildman–Crippen MR) is 143 cm³/mol. The molecule has 3 aromatic carbocycles. The molecular formula is C31H30F2N2O5. The summed E-state index contributed by atoms with van der Waals surface area (Å²) in [6.45, 7) is 2.66. The summed E-state index contributed by atoms with van der Waals surface area (Å²) >= 11 is 0. The summed E-state index contributed by atoms with van der Waals surface area (Å²) in [5.74, 6) is -2.67. The summed E-state index contributed by atoms with van der Waals surface area (Å²) in [6, 6.07) is 18.8. The zero-order chi connectivity index (χ0) is 28.7. The number of piperidine rings is 1. The number of rotatable bonds is 11. The molecule has 1 heterocycles. The van der Waals surface area contributed by atoms with Gasteiger partial charge in [-0.25, -0.2) is 13.6 Å². The van der Waals surface area contributed by atoms with Crippen LogP contribution in [0, 0.1) is 28.9 Å². The number of hydrogen-bond donors (Lipinski definition) is 1. The first-order valence-corrected chi connectivity index (χ1v) is 13.0. The lowest BCUT2D eigenvalue weighted by molar-refractivity contribution is -0.131. The molecule has 1 saturated heterocycles. The quantitative estimate of drug-likeness (QED) is 0.199. The number of carboxylic acid groups (broad SMARTS) is 1. The van der Waals surface area contributed by atoms with E-state index in [0.29, 0.717) is 29.9 Å². The average molecular weight is 549 g/mol. The topological polar surface area (TPSA) is 99.9 Å². The number of Topliss-reactive ketones (excluding diaryl/α,β-unsaturated/α-hetero) is 1. The maximum Gasteiger partial charge on any atom is 0.377 e. The summed E-state index contributed by atoms with van der Waals surface area (Å²) in [5, 5.41) is 19.4. The molecule has 7 nitrogen and oxygen atoms in total. The molecule has 1 N–H and O–H groups in total. The monoisotopic (exact) mass is 548 g/mol. The normalized spacial score (nSPS) is 14.3. The van der Waals surface area contributed by atoms with E-state index in [4.69, 9.17) is 14.6 Å². The number of hydrogen-bond acceptors (Lipinski definition) is 6. The molecule has 0 saturated carbocycles. The van der Waals surface area contributed by atoms with Crippen LogP contribution in [-0.4, -0.2) is 55.1 Å². The van der Waals surface area contributed by atoms with Crippen molar-refractivity contribution in [2.45, 2.75) is 24.7 Å². The second kappa shape index (κ2) is 12.7. The third kappa shape index (κ3) is 6.13. The second-order valence-corrected chi connectivity index (χ2v) is 9.75. The minimum absolute atomic E-state index is 0.00860. The number of carbonyl (C=O) groups is 2. The zero-order valence-corrected chi connectivity index (χ0v) is 22.1. The number of carboxylic acids is 1. The molecule has 3 aromatic rings. The Morgan fingerprint density at radius 3 is 2.05 bits per heavy atom. The fraction of sp³-hybridized carbons (Fsp3) is 0.323. The van der Waals surface area contributed by atoms with Crippen molar-refractivity contribution >= 4 is 11.8 Å². The Labute approximate surface area is 231 Å². The lowest BCUT2D eigenvalue weighted by atomic mass is 9.63. The zero-order valence-electron chi connectivity index (χ0n) is 22.1. The van der Waals surface area contributed by atoms with E-state index in [1.165, 1.54) is 49.6 Å². The molecule has 0 radical (unpaired) electrons. The first-order chi connectivity index (χ1) is 19.3. The number of likely N-dealkylation sites (tertiary alicyclic amines) is 1. The molecule has 1 aliphatic rings. The van der Waals surface area contributed by atoms with Crippen LogP contribution in [0.3, 0.4) is 0 Å². The van der Waals surface area contributed by atoms with E-state index in [-0.39, 0.29) is 28.9 Å². The molecular weight excluding hydrogens is 518 g/mol. The van der Waals surface area contributed by atoms with Crippen molar-refractivity contribution in [3.63, 3.8) is 0 Å². The summed E-state index contributed by atoms with van der Waals surface area (Å²) in [5.41, 5.74) is 0.371. The molecule has 4 rings (SSSR count). The lowest BCUT2D eigenvalue weighted by Gasteiger charge is -2.41. The number of ketones is 1. The van der Waals surface area contributed by atoms with Crippen LogP contribution in [0.25, 0.3) is 0 Å². The number of ether oxygens (including phenoxy) is 2. The van der Waals surface area contributed by atoms with Gasteiger partial charge in [0.1, 0.15) is 17.0 Å². The Kier molecular flexibility index (Phi) is 9.12. The number of carbonyl (C=O) groups excluding carboxylic acids is 1. The third-order valence-corrected chi connectivity index (χ3v) is 7.47. The van der Waals surface area contributed by atoms with Gasteiger partial charge in [0.2, 0.25) is 0 Å². The van der Waals surface area contributed by atoms with E-state index in [1.54, 1.807) is 24.3 Å². The van der Waals surface area contributed by atoms with E-state index in [1.807, 2.05) is 0 Å². The number of aliphatic carboxylic acids is 1. The van der Waals surface area contributed by atoms with Gasteiger partial charge >= 0.3 is 5.97 Å². The average Bonchev–Trinajstić information content (AvgIpc) is 2.97. The van der Waals surface area contributed by atoms with Gasteiger partial charge in [0.05, 0.1) is 19.8 Å². The maximum atomic E-state index is 13.7. The molecule has 0 atom stereocenters. The van der Waals surface area contributed by atoms with Gasteiger partial charge in [-0.2, -0.15) is 5.26 Å². The number of nitrogens with zero attached hydrogens (tertiary/aromatic N) is 2. The minimum atomic E-state index is -1.54. The highest BCUT2D eigenvalue weighted by Gasteiger charge is 2.43. The predicted octanol–water partition coefficient (Wildman–Crippen LogP) is 5.23. The van der Waals surface area contributed by atoms with Crippen molar-refractivity contribution in [1.29, 1.82) is 5.26 Å². The van der Waals surface area contributed by atoms with Crippen LogP contribution < -0.4 is 9.47 Å². The fourth-order valence-electron chi connectivity index (χ4n) is 5.40. The van der Waals surface area contributed by atoms with E-state index in [0.717, 1.165) is 32.5 Å². The molecule has 0 aromatic heterocycles. The summed E-state index contributed by atoms with van der Waals surface area (Å²) < 4.78 is 38.5. The van der Waals surface area contributed by atoms with E-state index >= 15 is 0 Å². The highest BCUT2D eigenvalue weighted by molar-refractivity contribution is 6.39. The molecule has 208 valence electrons. The third-order valence-electron chi connectivity index (χ3n) is 7.47. The van der Waals surface area contributed by atoms with Crippen molar-refractivity contribution in [2.75, 3.05) is 33.4 Å². The van der Waals surface area contributed by atoms with Crippen LogP contribution in [0.1, 0.15) is 40.7 Å². The van der Waals surface area contributed by atoms with Crippen LogP contribution in [0.2, 0.25) is 0 Å². The number of benzene rings is 3. The van der Waals surface area contributed by atoms with Crippen LogP contribution in [0.4, 0.5) is 8.78 Å². The molecule has 0 amide bonds. The summed E-state index contributed by atoms with van der Waals surface area (Å²) in [7, 11) is 1.42. The highest BCUT2D eigenvalue weighted by Crippen LogP contribution is 2.44. The van der Waals surface area contributed by atoms with Gasteiger partial charge < -0.3 is 19.5 Å². The molecule has 0 spiro atoms.